The van der Waals surface area contributed by atoms with Crippen LogP contribution in [0.3, 0.4) is 0 Å². The molecule has 1 heterocycles. The Bertz CT molecular complexity index is 1180. The lowest BCUT2D eigenvalue weighted by atomic mass is 10.2. The van der Waals surface area contributed by atoms with Crippen molar-refractivity contribution < 1.29 is 9.18 Å². The SMILES string of the molecule is C=CC(=O)Nc1ccc(Cn2c(SCc3ccc(F)cc3)nc3ccccc32)cc1. The number of fused-ring (bicyclic) bond motifs is 1. The van der Waals surface area contributed by atoms with Gasteiger partial charge in [-0.2, -0.15) is 0 Å². The second-order valence-electron chi connectivity index (χ2n) is 6.77. The third-order valence-electron chi connectivity index (χ3n) is 4.65. The van der Waals surface area contributed by atoms with Gasteiger partial charge in [-0.3, -0.25) is 4.79 Å². The van der Waals surface area contributed by atoms with Gasteiger partial charge in [-0.05, 0) is 53.6 Å². The molecule has 0 aliphatic heterocycles. The quantitative estimate of drug-likeness (QED) is 0.313. The number of halogens is 1. The van der Waals surface area contributed by atoms with Crippen LogP contribution in [0.15, 0.2) is 90.6 Å². The van der Waals surface area contributed by atoms with Crippen molar-refractivity contribution in [1.29, 1.82) is 0 Å². The van der Waals surface area contributed by atoms with Crippen LogP contribution >= 0.6 is 11.8 Å². The molecule has 4 aromatic rings. The lowest BCUT2D eigenvalue weighted by molar-refractivity contribution is -0.111. The third-order valence-corrected chi connectivity index (χ3v) is 5.70. The first-order chi connectivity index (χ1) is 14.6. The second kappa shape index (κ2) is 8.97. The number of benzene rings is 3. The van der Waals surface area contributed by atoms with E-state index < -0.39 is 0 Å². The van der Waals surface area contributed by atoms with Crippen molar-refractivity contribution in [2.24, 2.45) is 0 Å². The van der Waals surface area contributed by atoms with E-state index in [0.717, 1.165) is 33.0 Å². The van der Waals surface area contributed by atoms with Gasteiger partial charge in [0, 0.05) is 11.4 Å². The Morgan fingerprint density at radius 2 is 1.73 bits per heavy atom. The summed E-state index contributed by atoms with van der Waals surface area (Å²) in [5.74, 6) is 0.238. The number of thioether (sulfide) groups is 1. The van der Waals surface area contributed by atoms with E-state index in [2.05, 4.69) is 22.5 Å². The van der Waals surface area contributed by atoms with E-state index >= 15 is 0 Å². The maximum Gasteiger partial charge on any atom is 0.247 e. The van der Waals surface area contributed by atoms with Crippen LogP contribution in [0.1, 0.15) is 11.1 Å². The van der Waals surface area contributed by atoms with Crippen LogP contribution < -0.4 is 5.32 Å². The van der Waals surface area contributed by atoms with E-state index in [-0.39, 0.29) is 11.7 Å². The van der Waals surface area contributed by atoms with E-state index in [1.54, 1.807) is 23.9 Å². The third kappa shape index (κ3) is 4.60. The molecule has 0 saturated carbocycles. The van der Waals surface area contributed by atoms with Gasteiger partial charge in [-0.1, -0.05) is 54.7 Å². The minimum Gasteiger partial charge on any atom is -0.323 e. The molecule has 4 rings (SSSR count). The molecule has 150 valence electrons. The highest BCUT2D eigenvalue weighted by atomic mass is 32.2. The van der Waals surface area contributed by atoms with E-state index in [0.29, 0.717) is 12.3 Å². The molecule has 0 aliphatic carbocycles. The summed E-state index contributed by atoms with van der Waals surface area (Å²) in [5.41, 5.74) is 4.86. The van der Waals surface area contributed by atoms with E-state index in [1.807, 2.05) is 42.5 Å². The number of hydrogen-bond acceptors (Lipinski definition) is 3. The van der Waals surface area contributed by atoms with Gasteiger partial charge in [0.1, 0.15) is 5.82 Å². The zero-order valence-electron chi connectivity index (χ0n) is 16.2. The summed E-state index contributed by atoms with van der Waals surface area (Å²) < 4.78 is 15.3. The highest BCUT2D eigenvalue weighted by Gasteiger charge is 2.12. The number of nitrogens with zero attached hydrogens (tertiary/aromatic N) is 2. The number of imidazole rings is 1. The fourth-order valence-corrected chi connectivity index (χ4v) is 4.08. The van der Waals surface area contributed by atoms with Crippen molar-refractivity contribution in [3.05, 3.63) is 102 Å². The average Bonchev–Trinajstić information content (AvgIpc) is 3.12. The molecular formula is C24H20FN3OS. The van der Waals surface area contributed by atoms with Gasteiger partial charge in [0.25, 0.3) is 0 Å². The second-order valence-corrected chi connectivity index (χ2v) is 7.72. The number of aromatic nitrogens is 2. The Labute approximate surface area is 178 Å². The highest BCUT2D eigenvalue weighted by molar-refractivity contribution is 7.98. The standard InChI is InChI=1S/C24H20FN3OS/c1-2-23(29)26-20-13-9-17(10-14-20)15-28-22-6-4-3-5-21(22)27-24(28)30-16-18-7-11-19(25)12-8-18/h2-14H,1,15-16H2,(H,26,29). The fraction of sp³-hybridized carbons (Fsp3) is 0.0833. The summed E-state index contributed by atoms with van der Waals surface area (Å²) >= 11 is 1.63. The van der Waals surface area contributed by atoms with Crippen LogP contribution in [-0.2, 0) is 17.1 Å². The first-order valence-electron chi connectivity index (χ1n) is 9.47. The first kappa shape index (κ1) is 19.9. The number of amides is 1. The predicted octanol–water partition coefficient (Wildman–Crippen LogP) is 5.64. The molecular weight excluding hydrogens is 397 g/mol. The number of nitrogens with one attached hydrogen (secondary N) is 1. The Hall–Kier alpha value is -3.38. The van der Waals surface area contributed by atoms with Gasteiger partial charge in [-0.15, -0.1) is 0 Å². The van der Waals surface area contributed by atoms with Crippen molar-refractivity contribution in [1.82, 2.24) is 9.55 Å². The monoisotopic (exact) mass is 417 g/mol. The van der Waals surface area contributed by atoms with E-state index in [1.165, 1.54) is 18.2 Å². The molecule has 30 heavy (non-hydrogen) atoms. The van der Waals surface area contributed by atoms with Gasteiger partial charge >= 0.3 is 0 Å². The molecule has 1 aromatic heterocycles. The number of carbonyl (C=O) groups is 1. The van der Waals surface area contributed by atoms with Crippen molar-refractivity contribution in [2.75, 3.05) is 5.32 Å². The molecule has 6 heteroatoms. The van der Waals surface area contributed by atoms with Gasteiger partial charge in [-0.25, -0.2) is 9.37 Å². The summed E-state index contributed by atoms with van der Waals surface area (Å²) in [4.78, 5) is 16.2. The number of hydrogen-bond donors (Lipinski definition) is 1. The molecule has 1 amide bonds. The maximum absolute atomic E-state index is 13.2. The van der Waals surface area contributed by atoms with Gasteiger partial charge in [0.15, 0.2) is 5.16 Å². The molecule has 0 fully saturated rings. The number of anilines is 1. The summed E-state index contributed by atoms with van der Waals surface area (Å²) in [6.07, 6.45) is 1.25. The molecule has 1 N–H and O–H groups in total. The zero-order chi connectivity index (χ0) is 20.9. The van der Waals surface area contributed by atoms with Crippen LogP contribution in [0.5, 0.6) is 0 Å². The largest absolute Gasteiger partial charge is 0.323 e. The minimum absolute atomic E-state index is 0.233. The Balaban J connectivity index is 1.57. The minimum atomic E-state index is -0.233. The van der Waals surface area contributed by atoms with E-state index in [9.17, 15) is 9.18 Å². The van der Waals surface area contributed by atoms with Gasteiger partial charge in [0.2, 0.25) is 5.91 Å². The van der Waals surface area contributed by atoms with Crippen LogP contribution in [0, 0.1) is 5.82 Å². The molecule has 4 nitrogen and oxygen atoms in total. The van der Waals surface area contributed by atoms with Crippen LogP contribution in [0.25, 0.3) is 11.0 Å². The van der Waals surface area contributed by atoms with Crippen LogP contribution in [0.4, 0.5) is 10.1 Å². The van der Waals surface area contributed by atoms with E-state index in [4.69, 9.17) is 4.98 Å². The lowest BCUT2D eigenvalue weighted by Gasteiger charge is -2.10. The molecule has 0 unspecified atom stereocenters. The predicted molar refractivity (Wildman–Crippen MR) is 120 cm³/mol. The summed E-state index contributed by atoms with van der Waals surface area (Å²) in [6, 6.07) is 22.3. The van der Waals surface area contributed by atoms with Gasteiger partial charge < -0.3 is 9.88 Å². The van der Waals surface area contributed by atoms with Crippen LogP contribution in [0.2, 0.25) is 0 Å². The van der Waals surface area contributed by atoms with Crippen molar-refractivity contribution in [3.63, 3.8) is 0 Å². The molecule has 0 radical (unpaired) electrons. The Morgan fingerprint density at radius 1 is 1.03 bits per heavy atom. The molecule has 0 saturated heterocycles. The lowest BCUT2D eigenvalue weighted by Crippen LogP contribution is -2.07. The number of carbonyl (C=O) groups excluding carboxylic acids is 1. The highest BCUT2D eigenvalue weighted by Crippen LogP contribution is 2.28. The smallest absolute Gasteiger partial charge is 0.247 e. The van der Waals surface area contributed by atoms with Crippen molar-refractivity contribution in [3.8, 4) is 0 Å². The summed E-state index contributed by atoms with van der Waals surface area (Å²) in [6.45, 7) is 4.12. The zero-order valence-corrected chi connectivity index (χ0v) is 17.0. The Kier molecular flexibility index (Phi) is 5.95. The van der Waals surface area contributed by atoms with Crippen molar-refractivity contribution in [2.45, 2.75) is 17.5 Å². The summed E-state index contributed by atoms with van der Waals surface area (Å²) in [5, 5.41) is 3.66. The molecule has 0 atom stereocenters. The molecule has 0 spiro atoms. The molecule has 0 bridgehead atoms. The van der Waals surface area contributed by atoms with Gasteiger partial charge in [0.05, 0.1) is 17.6 Å². The summed E-state index contributed by atoms with van der Waals surface area (Å²) in [7, 11) is 0. The Morgan fingerprint density at radius 3 is 2.47 bits per heavy atom. The van der Waals surface area contributed by atoms with Crippen LogP contribution in [-0.4, -0.2) is 15.5 Å². The molecule has 3 aromatic carbocycles. The maximum atomic E-state index is 13.2. The number of rotatable bonds is 7. The first-order valence-corrected chi connectivity index (χ1v) is 10.5. The molecule has 0 aliphatic rings. The average molecular weight is 418 g/mol. The fourth-order valence-electron chi connectivity index (χ4n) is 3.11. The normalized spacial score (nSPS) is 10.8. The topological polar surface area (TPSA) is 46.9 Å². The number of para-hydroxylation sites is 2. The van der Waals surface area contributed by atoms with Crippen molar-refractivity contribution >= 4 is 34.4 Å².